The molecular formula is C14H18ClN5OS. The lowest BCUT2D eigenvalue weighted by atomic mass is 10.4. The van der Waals surface area contributed by atoms with E-state index < -0.39 is 0 Å². The molecule has 3 heterocycles. The number of hydrogen-bond donors (Lipinski definition) is 0. The van der Waals surface area contributed by atoms with Crippen molar-refractivity contribution in [3.8, 4) is 0 Å². The molecule has 1 aliphatic rings. The van der Waals surface area contributed by atoms with Crippen LogP contribution in [0, 0.1) is 0 Å². The molecule has 0 amide bonds. The Balaban J connectivity index is 1.70. The topological polar surface area (TPSA) is 56.1 Å². The molecule has 3 rings (SSSR count). The zero-order chi connectivity index (χ0) is 15.4. The number of ether oxygens (including phenoxy) is 1. The van der Waals surface area contributed by atoms with Gasteiger partial charge >= 0.3 is 0 Å². The van der Waals surface area contributed by atoms with Gasteiger partial charge in [-0.15, -0.1) is 10.2 Å². The number of pyridine rings is 1. The van der Waals surface area contributed by atoms with Crippen LogP contribution < -0.4 is 4.90 Å². The monoisotopic (exact) mass is 339 g/mol. The first-order valence-electron chi connectivity index (χ1n) is 7.27. The fourth-order valence-corrected chi connectivity index (χ4v) is 3.32. The Morgan fingerprint density at radius 3 is 2.77 bits per heavy atom. The highest BCUT2D eigenvalue weighted by Gasteiger charge is 2.19. The van der Waals surface area contributed by atoms with E-state index in [4.69, 9.17) is 16.3 Å². The van der Waals surface area contributed by atoms with Crippen LogP contribution in [0.5, 0.6) is 0 Å². The van der Waals surface area contributed by atoms with Crippen molar-refractivity contribution in [2.75, 3.05) is 31.2 Å². The number of anilines is 1. The van der Waals surface area contributed by atoms with Crippen molar-refractivity contribution in [1.82, 2.24) is 19.7 Å². The smallest absolute Gasteiger partial charge is 0.228 e. The molecule has 0 saturated carbocycles. The first kappa shape index (κ1) is 15.6. The van der Waals surface area contributed by atoms with Gasteiger partial charge in [-0.25, -0.2) is 0 Å². The van der Waals surface area contributed by atoms with Crippen LogP contribution in [0.25, 0.3) is 0 Å². The van der Waals surface area contributed by atoms with E-state index in [2.05, 4.69) is 31.6 Å². The number of hydrogen-bond acceptors (Lipinski definition) is 6. The molecule has 2 aromatic rings. The molecule has 8 heteroatoms. The van der Waals surface area contributed by atoms with Gasteiger partial charge < -0.3 is 9.64 Å². The van der Waals surface area contributed by atoms with Gasteiger partial charge in [0, 0.05) is 31.6 Å². The Bertz CT molecular complexity index is 612. The maximum Gasteiger partial charge on any atom is 0.228 e. The number of thioether (sulfide) groups is 1. The standard InChI is InChI=1S/C14H18ClN5OS/c1-2-20-13(19-5-7-21-8-6-19)17-18-14(20)22-10-12-4-3-11(15)9-16-12/h3-4,9H,2,5-8,10H2,1H3. The molecule has 0 unspecified atom stereocenters. The first-order valence-corrected chi connectivity index (χ1v) is 8.63. The van der Waals surface area contributed by atoms with Gasteiger partial charge in [0.2, 0.25) is 5.95 Å². The van der Waals surface area contributed by atoms with Gasteiger partial charge in [0.1, 0.15) is 0 Å². The third kappa shape index (κ3) is 3.53. The fraction of sp³-hybridized carbons (Fsp3) is 0.500. The first-order chi connectivity index (χ1) is 10.8. The summed E-state index contributed by atoms with van der Waals surface area (Å²) < 4.78 is 7.54. The molecule has 118 valence electrons. The molecule has 0 bridgehead atoms. The third-order valence-electron chi connectivity index (χ3n) is 3.45. The normalized spacial score (nSPS) is 15.3. The summed E-state index contributed by atoms with van der Waals surface area (Å²) in [4.78, 5) is 6.54. The molecule has 1 fully saturated rings. The Morgan fingerprint density at radius 2 is 2.09 bits per heavy atom. The minimum atomic E-state index is 0.653. The number of rotatable bonds is 5. The maximum atomic E-state index is 5.85. The van der Waals surface area contributed by atoms with Crippen molar-refractivity contribution < 1.29 is 4.74 Å². The van der Waals surface area contributed by atoms with E-state index in [1.54, 1.807) is 18.0 Å². The van der Waals surface area contributed by atoms with Gasteiger partial charge in [-0.3, -0.25) is 9.55 Å². The quantitative estimate of drug-likeness (QED) is 0.780. The average Bonchev–Trinajstić information content (AvgIpc) is 2.98. The molecule has 22 heavy (non-hydrogen) atoms. The summed E-state index contributed by atoms with van der Waals surface area (Å²) in [5, 5.41) is 10.3. The lowest BCUT2D eigenvalue weighted by Crippen LogP contribution is -2.38. The minimum absolute atomic E-state index is 0.653. The van der Waals surface area contributed by atoms with Gasteiger partial charge in [-0.2, -0.15) is 0 Å². The highest BCUT2D eigenvalue weighted by atomic mass is 35.5. The number of aromatic nitrogens is 4. The summed E-state index contributed by atoms with van der Waals surface area (Å²) in [6.45, 7) is 6.17. The molecule has 0 aliphatic carbocycles. The Hall–Kier alpha value is -1.31. The number of morpholine rings is 1. The highest BCUT2D eigenvalue weighted by Crippen LogP contribution is 2.25. The molecule has 0 atom stereocenters. The van der Waals surface area contributed by atoms with Crippen molar-refractivity contribution >= 4 is 29.3 Å². The molecule has 1 saturated heterocycles. The zero-order valence-corrected chi connectivity index (χ0v) is 14.0. The van der Waals surface area contributed by atoms with Crippen molar-refractivity contribution in [1.29, 1.82) is 0 Å². The van der Waals surface area contributed by atoms with E-state index >= 15 is 0 Å². The van der Waals surface area contributed by atoms with Crippen LogP contribution in [0.2, 0.25) is 5.02 Å². The Kier molecular flexibility index (Phi) is 5.17. The summed E-state index contributed by atoms with van der Waals surface area (Å²) in [6, 6.07) is 3.79. The third-order valence-corrected chi connectivity index (χ3v) is 4.67. The minimum Gasteiger partial charge on any atom is -0.378 e. The SMILES string of the molecule is CCn1c(SCc2ccc(Cl)cn2)nnc1N1CCOCC1. The average molecular weight is 340 g/mol. The van der Waals surface area contributed by atoms with E-state index in [9.17, 15) is 0 Å². The number of halogens is 1. The molecule has 0 N–H and O–H groups in total. The predicted molar refractivity (Wildman–Crippen MR) is 87.5 cm³/mol. The Morgan fingerprint density at radius 1 is 1.27 bits per heavy atom. The highest BCUT2D eigenvalue weighted by molar-refractivity contribution is 7.98. The Labute approximate surface area is 138 Å². The molecule has 0 radical (unpaired) electrons. The molecule has 6 nitrogen and oxygen atoms in total. The fourth-order valence-electron chi connectivity index (χ4n) is 2.29. The predicted octanol–water partition coefficient (Wildman–Crippen LogP) is 2.48. The summed E-state index contributed by atoms with van der Waals surface area (Å²) in [5.41, 5.74) is 0.980. The van der Waals surface area contributed by atoms with Crippen molar-refractivity contribution in [3.05, 3.63) is 29.0 Å². The zero-order valence-electron chi connectivity index (χ0n) is 12.4. The molecule has 2 aromatic heterocycles. The van der Waals surface area contributed by atoms with E-state index in [0.717, 1.165) is 55.4 Å². The summed E-state index contributed by atoms with van der Waals surface area (Å²) in [7, 11) is 0. The second kappa shape index (κ2) is 7.30. The number of nitrogens with zero attached hydrogens (tertiary/aromatic N) is 5. The summed E-state index contributed by atoms with van der Waals surface area (Å²) in [6.07, 6.45) is 1.67. The van der Waals surface area contributed by atoms with E-state index in [-0.39, 0.29) is 0 Å². The van der Waals surface area contributed by atoms with Crippen LogP contribution in [0.1, 0.15) is 12.6 Å². The van der Waals surface area contributed by atoms with Crippen LogP contribution in [0.4, 0.5) is 5.95 Å². The summed E-state index contributed by atoms with van der Waals surface area (Å²) in [5.74, 6) is 1.68. The van der Waals surface area contributed by atoms with Crippen LogP contribution >= 0.6 is 23.4 Å². The lowest BCUT2D eigenvalue weighted by Gasteiger charge is -2.27. The van der Waals surface area contributed by atoms with Crippen molar-refractivity contribution in [3.63, 3.8) is 0 Å². The van der Waals surface area contributed by atoms with Crippen LogP contribution in [0.3, 0.4) is 0 Å². The van der Waals surface area contributed by atoms with E-state index in [1.165, 1.54) is 0 Å². The molecule has 0 aromatic carbocycles. The molecular weight excluding hydrogens is 322 g/mol. The summed E-state index contributed by atoms with van der Waals surface area (Å²) >= 11 is 7.50. The lowest BCUT2D eigenvalue weighted by molar-refractivity contribution is 0.121. The second-order valence-corrected chi connectivity index (χ2v) is 6.26. The molecule has 0 spiro atoms. The van der Waals surface area contributed by atoms with Crippen LogP contribution in [-0.2, 0) is 17.0 Å². The van der Waals surface area contributed by atoms with Gasteiger partial charge in [0.05, 0.1) is 23.9 Å². The second-order valence-electron chi connectivity index (χ2n) is 4.88. The van der Waals surface area contributed by atoms with Gasteiger partial charge in [0.25, 0.3) is 0 Å². The van der Waals surface area contributed by atoms with E-state index in [1.807, 2.05) is 12.1 Å². The van der Waals surface area contributed by atoms with Crippen LogP contribution in [0.15, 0.2) is 23.5 Å². The van der Waals surface area contributed by atoms with Gasteiger partial charge in [-0.05, 0) is 19.1 Å². The van der Waals surface area contributed by atoms with Crippen LogP contribution in [-0.4, -0.2) is 46.1 Å². The maximum absolute atomic E-state index is 5.85. The molecule has 1 aliphatic heterocycles. The van der Waals surface area contributed by atoms with Crippen molar-refractivity contribution in [2.45, 2.75) is 24.4 Å². The largest absolute Gasteiger partial charge is 0.378 e. The van der Waals surface area contributed by atoms with Gasteiger partial charge in [0.15, 0.2) is 5.16 Å². The van der Waals surface area contributed by atoms with E-state index in [0.29, 0.717) is 5.02 Å². The van der Waals surface area contributed by atoms with Gasteiger partial charge in [-0.1, -0.05) is 23.4 Å². The van der Waals surface area contributed by atoms with Crippen molar-refractivity contribution in [2.24, 2.45) is 0 Å².